The largest absolute Gasteiger partial charge is 0.297 e. The van der Waals surface area contributed by atoms with E-state index in [9.17, 15) is 0 Å². The highest BCUT2D eigenvalue weighted by Crippen LogP contribution is 2.22. The molecule has 0 saturated carbocycles. The summed E-state index contributed by atoms with van der Waals surface area (Å²) in [6.45, 7) is 2.25. The SMILES string of the molecule is Cn1ncc2c1CCCC2=NN1CCCCC1. The van der Waals surface area contributed by atoms with E-state index in [0.29, 0.717) is 0 Å². The van der Waals surface area contributed by atoms with E-state index in [4.69, 9.17) is 5.10 Å². The molecular weight excluding hydrogens is 212 g/mol. The number of aryl methyl sites for hydroxylation is 1. The van der Waals surface area contributed by atoms with Gasteiger partial charge in [-0.1, -0.05) is 0 Å². The van der Waals surface area contributed by atoms with E-state index in [1.807, 2.05) is 17.9 Å². The van der Waals surface area contributed by atoms with Crippen LogP contribution in [0.2, 0.25) is 0 Å². The van der Waals surface area contributed by atoms with Crippen LogP contribution in [0.4, 0.5) is 0 Å². The van der Waals surface area contributed by atoms with E-state index in [2.05, 4.69) is 10.1 Å². The lowest BCUT2D eigenvalue weighted by atomic mass is 9.96. The monoisotopic (exact) mass is 232 g/mol. The van der Waals surface area contributed by atoms with Gasteiger partial charge >= 0.3 is 0 Å². The molecule has 4 heteroatoms. The Labute approximate surface area is 102 Å². The number of fused-ring (bicyclic) bond motifs is 1. The van der Waals surface area contributed by atoms with Crippen LogP contribution in [-0.2, 0) is 13.5 Å². The van der Waals surface area contributed by atoms with Gasteiger partial charge in [0.1, 0.15) is 0 Å². The quantitative estimate of drug-likeness (QED) is 0.741. The number of hydrogen-bond acceptors (Lipinski definition) is 3. The summed E-state index contributed by atoms with van der Waals surface area (Å²) >= 11 is 0. The van der Waals surface area contributed by atoms with Gasteiger partial charge in [0.05, 0.1) is 11.9 Å². The Kier molecular flexibility index (Phi) is 2.87. The van der Waals surface area contributed by atoms with Gasteiger partial charge in [-0.3, -0.25) is 9.69 Å². The third-order valence-corrected chi connectivity index (χ3v) is 3.79. The van der Waals surface area contributed by atoms with E-state index in [1.165, 1.54) is 42.7 Å². The van der Waals surface area contributed by atoms with Crippen molar-refractivity contribution in [3.05, 3.63) is 17.5 Å². The zero-order chi connectivity index (χ0) is 11.7. The first-order valence-corrected chi connectivity index (χ1v) is 6.68. The molecule has 2 heterocycles. The number of hydrazone groups is 1. The molecule has 3 rings (SSSR count). The maximum Gasteiger partial charge on any atom is 0.0712 e. The summed E-state index contributed by atoms with van der Waals surface area (Å²) in [5.74, 6) is 0. The van der Waals surface area contributed by atoms with Crippen molar-refractivity contribution in [1.82, 2.24) is 14.8 Å². The van der Waals surface area contributed by atoms with Crippen molar-refractivity contribution in [3.8, 4) is 0 Å². The zero-order valence-electron chi connectivity index (χ0n) is 10.5. The molecule has 2 aliphatic rings. The van der Waals surface area contributed by atoms with Crippen LogP contribution >= 0.6 is 0 Å². The molecule has 0 spiro atoms. The molecule has 0 amide bonds. The fourth-order valence-corrected chi connectivity index (χ4v) is 2.81. The van der Waals surface area contributed by atoms with E-state index < -0.39 is 0 Å². The smallest absolute Gasteiger partial charge is 0.0712 e. The van der Waals surface area contributed by atoms with Crippen molar-refractivity contribution in [1.29, 1.82) is 0 Å². The number of nitrogens with zero attached hydrogens (tertiary/aromatic N) is 4. The lowest BCUT2D eigenvalue weighted by Gasteiger charge is -2.26. The maximum absolute atomic E-state index is 4.85. The molecule has 0 aromatic carbocycles. The van der Waals surface area contributed by atoms with Crippen molar-refractivity contribution in [2.24, 2.45) is 12.1 Å². The zero-order valence-corrected chi connectivity index (χ0v) is 10.5. The third kappa shape index (κ3) is 2.08. The highest BCUT2D eigenvalue weighted by Gasteiger charge is 2.20. The molecule has 0 atom stereocenters. The Morgan fingerprint density at radius 2 is 1.94 bits per heavy atom. The lowest BCUT2D eigenvalue weighted by Crippen LogP contribution is -2.27. The van der Waals surface area contributed by atoms with Gasteiger partial charge in [0.25, 0.3) is 0 Å². The third-order valence-electron chi connectivity index (χ3n) is 3.79. The minimum Gasteiger partial charge on any atom is -0.297 e. The average molecular weight is 232 g/mol. The van der Waals surface area contributed by atoms with Crippen LogP contribution in [0.1, 0.15) is 43.4 Å². The Morgan fingerprint density at radius 3 is 2.76 bits per heavy atom. The standard InChI is InChI=1S/C13H20N4/c1-16-13-7-5-6-12(11(13)10-14-16)15-17-8-3-2-4-9-17/h10H,2-9H2,1H3. The number of rotatable bonds is 1. The molecule has 17 heavy (non-hydrogen) atoms. The van der Waals surface area contributed by atoms with Crippen molar-refractivity contribution in [3.63, 3.8) is 0 Å². The predicted molar refractivity (Wildman–Crippen MR) is 68.1 cm³/mol. The number of piperidine rings is 1. The van der Waals surface area contributed by atoms with Gasteiger partial charge in [0, 0.05) is 31.4 Å². The summed E-state index contributed by atoms with van der Waals surface area (Å²) in [6, 6.07) is 0. The summed E-state index contributed by atoms with van der Waals surface area (Å²) in [4.78, 5) is 0. The van der Waals surface area contributed by atoms with Crippen LogP contribution in [0.5, 0.6) is 0 Å². The molecular formula is C13H20N4. The molecule has 0 N–H and O–H groups in total. The second-order valence-electron chi connectivity index (χ2n) is 5.04. The molecule has 1 aliphatic carbocycles. The predicted octanol–water partition coefficient (Wildman–Crippen LogP) is 1.95. The molecule has 0 radical (unpaired) electrons. The van der Waals surface area contributed by atoms with Crippen molar-refractivity contribution in [2.75, 3.05) is 13.1 Å². The Bertz CT molecular complexity index is 427. The molecule has 1 aromatic rings. The Hall–Kier alpha value is -1.32. The molecule has 1 fully saturated rings. The summed E-state index contributed by atoms with van der Waals surface area (Å²) in [5, 5.41) is 11.5. The van der Waals surface area contributed by atoms with Crippen molar-refractivity contribution in [2.45, 2.75) is 38.5 Å². The summed E-state index contributed by atoms with van der Waals surface area (Å²) < 4.78 is 2.00. The summed E-state index contributed by atoms with van der Waals surface area (Å²) in [7, 11) is 2.03. The first kappa shape index (κ1) is 10.8. The maximum atomic E-state index is 4.85. The molecule has 4 nitrogen and oxygen atoms in total. The highest BCUT2D eigenvalue weighted by molar-refractivity contribution is 6.02. The van der Waals surface area contributed by atoms with E-state index in [1.54, 1.807) is 0 Å². The van der Waals surface area contributed by atoms with E-state index in [-0.39, 0.29) is 0 Å². The second kappa shape index (κ2) is 4.51. The summed E-state index contributed by atoms with van der Waals surface area (Å²) in [5.41, 5.74) is 3.89. The van der Waals surface area contributed by atoms with Gasteiger partial charge < -0.3 is 0 Å². The topological polar surface area (TPSA) is 33.4 Å². The van der Waals surface area contributed by atoms with Gasteiger partial charge in [0.15, 0.2) is 0 Å². The first-order valence-electron chi connectivity index (χ1n) is 6.68. The Morgan fingerprint density at radius 1 is 1.12 bits per heavy atom. The van der Waals surface area contributed by atoms with E-state index in [0.717, 1.165) is 25.9 Å². The highest BCUT2D eigenvalue weighted by atomic mass is 15.5. The van der Waals surface area contributed by atoms with Crippen LogP contribution in [0.25, 0.3) is 0 Å². The molecule has 92 valence electrons. The normalized spacial score (nSPS) is 22.9. The van der Waals surface area contributed by atoms with Crippen molar-refractivity contribution < 1.29 is 0 Å². The molecule has 1 saturated heterocycles. The number of hydrogen-bond donors (Lipinski definition) is 0. The van der Waals surface area contributed by atoms with Gasteiger partial charge in [-0.05, 0) is 38.5 Å². The lowest BCUT2D eigenvalue weighted by molar-refractivity contribution is 0.238. The fraction of sp³-hybridized carbons (Fsp3) is 0.692. The van der Waals surface area contributed by atoms with Crippen LogP contribution in [0.3, 0.4) is 0 Å². The first-order chi connectivity index (χ1) is 8.34. The van der Waals surface area contributed by atoms with Crippen LogP contribution in [0.15, 0.2) is 11.3 Å². The molecule has 1 aromatic heterocycles. The van der Waals surface area contributed by atoms with Crippen LogP contribution in [0, 0.1) is 0 Å². The molecule has 1 aliphatic heterocycles. The molecule has 0 bridgehead atoms. The summed E-state index contributed by atoms with van der Waals surface area (Å²) in [6.07, 6.45) is 9.38. The van der Waals surface area contributed by atoms with Gasteiger partial charge in [-0.2, -0.15) is 10.2 Å². The van der Waals surface area contributed by atoms with Crippen LogP contribution < -0.4 is 0 Å². The van der Waals surface area contributed by atoms with Gasteiger partial charge in [-0.25, -0.2) is 0 Å². The van der Waals surface area contributed by atoms with Crippen molar-refractivity contribution >= 4 is 5.71 Å². The fourth-order valence-electron chi connectivity index (χ4n) is 2.81. The van der Waals surface area contributed by atoms with Gasteiger partial charge in [0.2, 0.25) is 0 Å². The Balaban J connectivity index is 1.86. The van der Waals surface area contributed by atoms with Gasteiger partial charge in [-0.15, -0.1) is 0 Å². The van der Waals surface area contributed by atoms with Crippen LogP contribution in [-0.4, -0.2) is 33.6 Å². The minimum absolute atomic E-state index is 1.11. The van der Waals surface area contributed by atoms with E-state index >= 15 is 0 Å². The second-order valence-corrected chi connectivity index (χ2v) is 5.04. The molecule has 0 unspecified atom stereocenters. The minimum atomic E-state index is 1.11. The average Bonchev–Trinajstić information content (AvgIpc) is 2.74. The number of aromatic nitrogens is 2.